The molecule has 4 heterocycles. The lowest BCUT2D eigenvalue weighted by Crippen LogP contribution is -2.53. The molecule has 0 N–H and O–H groups in total. The van der Waals surface area contributed by atoms with Crippen molar-refractivity contribution in [3.63, 3.8) is 0 Å². The van der Waals surface area contributed by atoms with Gasteiger partial charge in [-0.15, -0.1) is 10.2 Å². The van der Waals surface area contributed by atoms with Crippen LogP contribution in [-0.4, -0.2) is 22.0 Å². The van der Waals surface area contributed by atoms with Gasteiger partial charge in [0.15, 0.2) is 15.3 Å². The summed E-state index contributed by atoms with van der Waals surface area (Å²) in [7, 11) is 0. The fourth-order valence-electron chi connectivity index (χ4n) is 6.38. The Bertz CT molecular complexity index is 2250. The van der Waals surface area contributed by atoms with Crippen LogP contribution < -0.4 is 15.2 Å². The number of hydrogen-bond acceptors (Lipinski definition) is 8. The van der Waals surface area contributed by atoms with Crippen molar-refractivity contribution in [2.24, 2.45) is 0 Å². The average molecular weight is 643 g/mol. The van der Waals surface area contributed by atoms with Crippen LogP contribution in [0.2, 0.25) is 0 Å². The predicted molar refractivity (Wildman–Crippen MR) is 180 cm³/mol. The maximum atomic E-state index is 15.1. The molecule has 0 fully saturated rings. The smallest absolute Gasteiger partial charge is 0.297 e. The molecule has 8 rings (SSSR count). The third kappa shape index (κ3) is 4.24. The zero-order valence-corrected chi connectivity index (χ0v) is 26.5. The van der Waals surface area contributed by atoms with E-state index in [0.717, 1.165) is 22.3 Å². The lowest BCUT2D eigenvalue weighted by Gasteiger charge is -2.32. The highest BCUT2D eigenvalue weighted by atomic mass is 32.2. The van der Waals surface area contributed by atoms with Crippen LogP contribution in [0.1, 0.15) is 43.9 Å². The van der Waals surface area contributed by atoms with Crippen LogP contribution in [0.4, 0.5) is 10.8 Å². The molecule has 226 valence electrons. The molecule has 6 aromatic rings. The van der Waals surface area contributed by atoms with Crippen LogP contribution in [0, 0.1) is 13.8 Å². The Hall–Kier alpha value is -5.06. The standard InChI is InChI=1S/C36H26N4O4S2/c1-21-12-15-23(16-13-21)19-39-27-11-7-6-10-26(27)36(33(39)43)29-30(41)25-18-22(2)14-17-28(25)44-31(29)32(42)40(36)34-37-38-35(46-34)45-20-24-8-4-3-5-9-24/h3-18H,19-20H2,1-2H3. The molecule has 1 atom stereocenters. The Morgan fingerprint density at radius 2 is 1.57 bits per heavy atom. The number of fused-ring (bicyclic) bond motifs is 5. The van der Waals surface area contributed by atoms with Gasteiger partial charge in [0.1, 0.15) is 5.58 Å². The first kappa shape index (κ1) is 28.4. The first-order valence-electron chi connectivity index (χ1n) is 14.8. The van der Waals surface area contributed by atoms with Crippen molar-refractivity contribution in [1.82, 2.24) is 10.2 Å². The van der Waals surface area contributed by atoms with Crippen molar-refractivity contribution in [1.29, 1.82) is 0 Å². The van der Waals surface area contributed by atoms with Gasteiger partial charge in [0, 0.05) is 11.3 Å². The Morgan fingerprint density at radius 1 is 0.826 bits per heavy atom. The predicted octanol–water partition coefficient (Wildman–Crippen LogP) is 7.00. The minimum absolute atomic E-state index is 0.00754. The number of carbonyl (C=O) groups excluding carboxylic acids is 2. The topological polar surface area (TPSA) is 96.6 Å². The van der Waals surface area contributed by atoms with Gasteiger partial charge < -0.3 is 9.32 Å². The molecule has 0 saturated heterocycles. The van der Waals surface area contributed by atoms with Gasteiger partial charge in [-0.3, -0.25) is 19.3 Å². The number of anilines is 2. The van der Waals surface area contributed by atoms with Gasteiger partial charge in [-0.05, 0) is 43.2 Å². The fraction of sp³-hybridized carbons (Fsp3) is 0.139. The van der Waals surface area contributed by atoms with Crippen molar-refractivity contribution in [3.8, 4) is 0 Å². The molecular formula is C36H26N4O4S2. The maximum Gasteiger partial charge on any atom is 0.297 e. The molecule has 2 aliphatic rings. The second kappa shape index (κ2) is 10.8. The van der Waals surface area contributed by atoms with Crippen LogP contribution in [0.15, 0.2) is 111 Å². The Kier molecular flexibility index (Phi) is 6.66. The van der Waals surface area contributed by atoms with E-state index in [0.29, 0.717) is 26.7 Å². The molecule has 2 aromatic heterocycles. The summed E-state index contributed by atoms with van der Waals surface area (Å²) in [6, 6.07) is 30.5. The molecule has 1 spiro atoms. The van der Waals surface area contributed by atoms with Gasteiger partial charge in [0.05, 0.1) is 23.2 Å². The van der Waals surface area contributed by atoms with Crippen LogP contribution in [0.5, 0.6) is 0 Å². The molecule has 8 nitrogen and oxygen atoms in total. The fourth-order valence-corrected chi connectivity index (χ4v) is 8.23. The SMILES string of the molecule is Cc1ccc(CN2C(=O)C3(c4ccccc42)c2c(oc4ccc(C)cc4c2=O)C(=O)N3c2nnc(SCc3ccccc3)s2)cc1. The number of carbonyl (C=O) groups is 2. The van der Waals surface area contributed by atoms with E-state index in [1.807, 2.05) is 98.8 Å². The molecular weight excluding hydrogens is 617 g/mol. The number of aromatic nitrogens is 2. The van der Waals surface area contributed by atoms with E-state index < -0.39 is 22.8 Å². The van der Waals surface area contributed by atoms with Gasteiger partial charge >= 0.3 is 0 Å². The number of benzene rings is 4. The van der Waals surface area contributed by atoms with E-state index in [2.05, 4.69) is 10.2 Å². The minimum Gasteiger partial charge on any atom is -0.450 e. The number of para-hydroxylation sites is 1. The van der Waals surface area contributed by atoms with E-state index in [4.69, 9.17) is 4.42 Å². The third-order valence-corrected chi connectivity index (χ3v) is 10.6. The summed E-state index contributed by atoms with van der Waals surface area (Å²) in [6.07, 6.45) is 0. The maximum absolute atomic E-state index is 15.1. The van der Waals surface area contributed by atoms with E-state index in [-0.39, 0.29) is 28.6 Å². The van der Waals surface area contributed by atoms with Gasteiger partial charge in [0.25, 0.3) is 11.8 Å². The van der Waals surface area contributed by atoms with E-state index >= 15 is 4.79 Å². The highest BCUT2D eigenvalue weighted by Crippen LogP contribution is 2.55. The second-order valence-corrected chi connectivity index (χ2v) is 13.7. The number of aryl methyl sites for hydroxylation is 2. The highest BCUT2D eigenvalue weighted by molar-refractivity contribution is 8.00. The molecule has 2 aliphatic heterocycles. The monoisotopic (exact) mass is 642 g/mol. The number of rotatable bonds is 6. The molecule has 2 amide bonds. The van der Waals surface area contributed by atoms with E-state index in [1.165, 1.54) is 28.0 Å². The molecule has 1 unspecified atom stereocenters. The molecule has 10 heteroatoms. The zero-order chi connectivity index (χ0) is 31.6. The molecule has 0 aliphatic carbocycles. The van der Waals surface area contributed by atoms with Gasteiger partial charge in [-0.25, -0.2) is 0 Å². The van der Waals surface area contributed by atoms with Crippen LogP contribution in [-0.2, 0) is 22.6 Å². The van der Waals surface area contributed by atoms with Gasteiger partial charge in [0.2, 0.25) is 10.9 Å². The van der Waals surface area contributed by atoms with Crippen molar-refractivity contribution < 1.29 is 14.0 Å². The van der Waals surface area contributed by atoms with Crippen LogP contribution >= 0.6 is 23.1 Å². The highest BCUT2D eigenvalue weighted by Gasteiger charge is 2.66. The molecule has 46 heavy (non-hydrogen) atoms. The average Bonchev–Trinajstić information content (AvgIpc) is 3.71. The summed E-state index contributed by atoms with van der Waals surface area (Å²) in [5.74, 6) is -0.526. The Balaban J connectivity index is 1.33. The summed E-state index contributed by atoms with van der Waals surface area (Å²) in [6.45, 7) is 4.14. The summed E-state index contributed by atoms with van der Waals surface area (Å²) >= 11 is 2.70. The number of nitrogens with zero attached hydrogens (tertiary/aromatic N) is 4. The van der Waals surface area contributed by atoms with Gasteiger partial charge in [-0.1, -0.05) is 113 Å². The van der Waals surface area contributed by atoms with Crippen molar-refractivity contribution in [2.75, 3.05) is 9.80 Å². The number of hydrogen-bond donors (Lipinski definition) is 0. The Labute approximate surface area is 272 Å². The normalized spacial score (nSPS) is 16.9. The largest absolute Gasteiger partial charge is 0.450 e. The van der Waals surface area contributed by atoms with Crippen molar-refractivity contribution in [2.45, 2.75) is 36.0 Å². The van der Waals surface area contributed by atoms with Gasteiger partial charge in [-0.2, -0.15) is 0 Å². The summed E-state index contributed by atoms with van der Waals surface area (Å²) in [5.41, 5.74) is 3.18. The van der Waals surface area contributed by atoms with Crippen LogP contribution in [0.3, 0.4) is 0 Å². The molecule has 0 saturated carbocycles. The summed E-state index contributed by atoms with van der Waals surface area (Å²) in [4.78, 5) is 47.2. The number of amides is 2. The van der Waals surface area contributed by atoms with Crippen LogP contribution in [0.25, 0.3) is 11.0 Å². The third-order valence-electron chi connectivity index (χ3n) is 8.53. The minimum atomic E-state index is -1.83. The molecule has 0 bridgehead atoms. The zero-order valence-electron chi connectivity index (χ0n) is 24.9. The molecule has 4 aromatic carbocycles. The van der Waals surface area contributed by atoms with Crippen molar-refractivity contribution in [3.05, 3.63) is 146 Å². The van der Waals surface area contributed by atoms with Crippen molar-refractivity contribution >= 4 is 56.7 Å². The first-order valence-corrected chi connectivity index (χ1v) is 16.6. The number of thioether (sulfide) groups is 1. The lowest BCUT2D eigenvalue weighted by molar-refractivity contribution is -0.121. The quantitative estimate of drug-likeness (QED) is 0.143. The lowest BCUT2D eigenvalue weighted by atomic mass is 9.84. The first-order chi connectivity index (χ1) is 22.4. The summed E-state index contributed by atoms with van der Waals surface area (Å²) < 4.78 is 6.85. The Morgan fingerprint density at radius 3 is 2.37 bits per heavy atom. The second-order valence-electron chi connectivity index (χ2n) is 11.5. The van der Waals surface area contributed by atoms with E-state index in [1.54, 1.807) is 17.0 Å². The molecule has 0 radical (unpaired) electrons. The summed E-state index contributed by atoms with van der Waals surface area (Å²) in [5, 5.41) is 9.36. The van der Waals surface area contributed by atoms with E-state index in [9.17, 15) is 9.59 Å².